The molecule has 2 aromatic rings. The first-order valence-corrected chi connectivity index (χ1v) is 5.16. The van der Waals surface area contributed by atoms with Crippen LogP contribution in [0.25, 0.3) is 0 Å². The summed E-state index contributed by atoms with van der Waals surface area (Å²) in [6, 6.07) is 9.31. The summed E-state index contributed by atoms with van der Waals surface area (Å²) in [5, 5.41) is 17.8. The first-order chi connectivity index (χ1) is 8.58. The Morgan fingerprint density at radius 3 is 2.22 bits per heavy atom. The lowest BCUT2D eigenvalue weighted by Gasteiger charge is -2.07. The summed E-state index contributed by atoms with van der Waals surface area (Å²) >= 11 is 0. The Labute approximate surface area is 102 Å². The van der Waals surface area contributed by atoms with E-state index in [1.165, 1.54) is 36.4 Å². The number of hydrogen-bond donors (Lipinski definition) is 2. The number of halogens is 2. The van der Waals surface area contributed by atoms with Gasteiger partial charge in [0.05, 0.1) is 0 Å². The summed E-state index contributed by atoms with van der Waals surface area (Å²) in [7, 11) is -1.58. The van der Waals surface area contributed by atoms with Gasteiger partial charge in [-0.3, -0.25) is 0 Å². The molecule has 0 aliphatic rings. The van der Waals surface area contributed by atoms with E-state index in [-0.39, 0.29) is 17.0 Å². The molecule has 0 saturated heterocycles. The largest absolute Gasteiger partial charge is 0.488 e. The van der Waals surface area contributed by atoms with Crippen LogP contribution in [0.1, 0.15) is 0 Å². The molecule has 0 bridgehead atoms. The Morgan fingerprint density at radius 2 is 1.61 bits per heavy atom. The molecule has 0 saturated carbocycles. The minimum atomic E-state index is -1.58. The van der Waals surface area contributed by atoms with Crippen molar-refractivity contribution in [3.05, 3.63) is 54.1 Å². The van der Waals surface area contributed by atoms with Crippen LogP contribution in [0, 0.1) is 11.6 Å². The van der Waals surface area contributed by atoms with E-state index in [0.29, 0.717) is 0 Å². The Hall–Kier alpha value is -1.92. The monoisotopic (exact) mass is 250 g/mol. The standard InChI is InChI=1S/C12H9BF2O3/c14-10-2-1-3-11(12(10)15)18-9-6-4-8(5-7-9)13(16)17/h1-7,16-17H. The Morgan fingerprint density at radius 1 is 0.944 bits per heavy atom. The van der Waals surface area contributed by atoms with Crippen molar-refractivity contribution in [2.75, 3.05) is 0 Å². The summed E-state index contributed by atoms with van der Waals surface area (Å²) < 4.78 is 31.4. The molecule has 0 aromatic heterocycles. The Kier molecular flexibility index (Phi) is 3.59. The number of hydrogen-bond acceptors (Lipinski definition) is 3. The minimum absolute atomic E-state index is 0.229. The number of benzene rings is 2. The molecule has 92 valence electrons. The fourth-order valence-corrected chi connectivity index (χ4v) is 1.40. The normalized spacial score (nSPS) is 10.2. The molecule has 3 nitrogen and oxygen atoms in total. The summed E-state index contributed by atoms with van der Waals surface area (Å²) in [6.07, 6.45) is 0. The molecular formula is C12H9BF2O3. The zero-order valence-corrected chi connectivity index (χ0v) is 9.18. The van der Waals surface area contributed by atoms with Crippen molar-refractivity contribution < 1.29 is 23.6 Å². The van der Waals surface area contributed by atoms with E-state index in [9.17, 15) is 8.78 Å². The molecule has 0 atom stereocenters. The molecule has 0 amide bonds. The van der Waals surface area contributed by atoms with Crippen molar-refractivity contribution in [2.45, 2.75) is 0 Å². The fourth-order valence-electron chi connectivity index (χ4n) is 1.40. The lowest BCUT2D eigenvalue weighted by atomic mass is 9.80. The average Bonchev–Trinajstić information content (AvgIpc) is 2.36. The van der Waals surface area contributed by atoms with E-state index in [2.05, 4.69) is 0 Å². The van der Waals surface area contributed by atoms with Gasteiger partial charge in [0.2, 0.25) is 5.82 Å². The molecule has 0 aliphatic carbocycles. The van der Waals surface area contributed by atoms with Crippen molar-refractivity contribution in [1.82, 2.24) is 0 Å². The highest BCUT2D eigenvalue weighted by Crippen LogP contribution is 2.25. The Bertz CT molecular complexity index is 544. The highest BCUT2D eigenvalue weighted by atomic mass is 19.2. The van der Waals surface area contributed by atoms with Crippen molar-refractivity contribution >= 4 is 12.6 Å². The van der Waals surface area contributed by atoms with E-state index in [0.717, 1.165) is 6.07 Å². The van der Waals surface area contributed by atoms with Gasteiger partial charge >= 0.3 is 7.12 Å². The van der Waals surface area contributed by atoms with Crippen LogP contribution >= 0.6 is 0 Å². The third-order valence-corrected chi connectivity index (χ3v) is 2.32. The van der Waals surface area contributed by atoms with Crippen LogP contribution in [0.3, 0.4) is 0 Å². The second kappa shape index (κ2) is 5.16. The van der Waals surface area contributed by atoms with Crippen LogP contribution < -0.4 is 10.2 Å². The summed E-state index contributed by atoms with van der Waals surface area (Å²) in [5.74, 6) is -2.02. The van der Waals surface area contributed by atoms with Gasteiger partial charge in [0.25, 0.3) is 0 Å². The summed E-state index contributed by atoms with van der Waals surface area (Å²) in [5.41, 5.74) is 0.280. The van der Waals surface area contributed by atoms with Gasteiger partial charge in [-0.05, 0) is 29.7 Å². The summed E-state index contributed by atoms with van der Waals surface area (Å²) in [6.45, 7) is 0. The SMILES string of the molecule is OB(O)c1ccc(Oc2cccc(F)c2F)cc1. The second-order valence-electron chi connectivity index (χ2n) is 3.60. The first kappa shape index (κ1) is 12.5. The van der Waals surface area contributed by atoms with Crippen LogP contribution in [-0.4, -0.2) is 17.2 Å². The molecule has 0 unspecified atom stereocenters. The van der Waals surface area contributed by atoms with Crippen LogP contribution in [0.4, 0.5) is 8.78 Å². The molecule has 0 radical (unpaired) electrons. The predicted molar refractivity (Wildman–Crippen MR) is 62.7 cm³/mol. The van der Waals surface area contributed by atoms with Crippen LogP contribution in [0.5, 0.6) is 11.5 Å². The maximum Gasteiger partial charge on any atom is 0.488 e. The number of ether oxygens (including phenoxy) is 1. The third-order valence-electron chi connectivity index (χ3n) is 2.32. The van der Waals surface area contributed by atoms with Crippen molar-refractivity contribution in [3.8, 4) is 11.5 Å². The van der Waals surface area contributed by atoms with Gasteiger partial charge < -0.3 is 14.8 Å². The lowest BCUT2D eigenvalue weighted by Crippen LogP contribution is -2.29. The van der Waals surface area contributed by atoms with Gasteiger partial charge in [0.15, 0.2) is 11.6 Å². The van der Waals surface area contributed by atoms with E-state index < -0.39 is 18.8 Å². The molecule has 18 heavy (non-hydrogen) atoms. The van der Waals surface area contributed by atoms with Crippen molar-refractivity contribution in [1.29, 1.82) is 0 Å². The summed E-state index contributed by atoms with van der Waals surface area (Å²) in [4.78, 5) is 0. The molecule has 0 fully saturated rings. The van der Waals surface area contributed by atoms with Crippen LogP contribution in [0.15, 0.2) is 42.5 Å². The van der Waals surface area contributed by atoms with Gasteiger partial charge in [-0.1, -0.05) is 18.2 Å². The van der Waals surface area contributed by atoms with Crippen molar-refractivity contribution in [2.24, 2.45) is 0 Å². The van der Waals surface area contributed by atoms with Gasteiger partial charge in [0.1, 0.15) is 5.75 Å². The van der Waals surface area contributed by atoms with E-state index in [1.807, 2.05) is 0 Å². The molecule has 2 N–H and O–H groups in total. The highest BCUT2D eigenvalue weighted by Gasteiger charge is 2.12. The third kappa shape index (κ3) is 2.66. The molecule has 0 aliphatic heterocycles. The molecule has 6 heteroatoms. The quantitative estimate of drug-likeness (QED) is 0.810. The smallest absolute Gasteiger partial charge is 0.454 e. The van der Waals surface area contributed by atoms with Crippen LogP contribution in [0.2, 0.25) is 0 Å². The van der Waals surface area contributed by atoms with Crippen LogP contribution in [-0.2, 0) is 0 Å². The van der Waals surface area contributed by atoms with Gasteiger partial charge in [-0.15, -0.1) is 0 Å². The number of rotatable bonds is 3. The topological polar surface area (TPSA) is 49.7 Å². The van der Waals surface area contributed by atoms with E-state index in [4.69, 9.17) is 14.8 Å². The molecule has 0 spiro atoms. The zero-order chi connectivity index (χ0) is 13.1. The van der Waals surface area contributed by atoms with Gasteiger partial charge in [-0.25, -0.2) is 4.39 Å². The van der Waals surface area contributed by atoms with E-state index in [1.54, 1.807) is 0 Å². The maximum absolute atomic E-state index is 13.3. The minimum Gasteiger partial charge on any atom is -0.454 e. The molecule has 0 heterocycles. The Balaban J connectivity index is 2.21. The molecule has 2 rings (SSSR count). The van der Waals surface area contributed by atoms with Crippen molar-refractivity contribution in [3.63, 3.8) is 0 Å². The molecule has 2 aromatic carbocycles. The maximum atomic E-state index is 13.3. The predicted octanol–water partition coefficient (Wildman–Crippen LogP) is 1.44. The fraction of sp³-hybridized carbons (Fsp3) is 0. The zero-order valence-electron chi connectivity index (χ0n) is 9.18. The lowest BCUT2D eigenvalue weighted by molar-refractivity contribution is 0.415. The highest BCUT2D eigenvalue weighted by molar-refractivity contribution is 6.58. The molecular weight excluding hydrogens is 241 g/mol. The van der Waals surface area contributed by atoms with Gasteiger partial charge in [-0.2, -0.15) is 4.39 Å². The average molecular weight is 250 g/mol. The van der Waals surface area contributed by atoms with Gasteiger partial charge in [0, 0.05) is 0 Å². The van der Waals surface area contributed by atoms with E-state index >= 15 is 0 Å². The second-order valence-corrected chi connectivity index (χ2v) is 3.60. The first-order valence-electron chi connectivity index (χ1n) is 5.16.